The van der Waals surface area contributed by atoms with Crippen molar-refractivity contribution in [2.45, 2.75) is 37.8 Å². The number of benzene rings is 1. The number of halogens is 2. The van der Waals surface area contributed by atoms with Crippen molar-refractivity contribution in [1.82, 2.24) is 15.5 Å². The first-order valence-electron chi connectivity index (χ1n) is 10.8. The summed E-state index contributed by atoms with van der Waals surface area (Å²) in [6.07, 6.45) is 4.94. The van der Waals surface area contributed by atoms with E-state index >= 15 is 0 Å². The quantitative estimate of drug-likeness (QED) is 0.224. The molecule has 1 aromatic rings. The largest absolute Gasteiger partial charge is 0.377 e. The molecule has 2 aliphatic heterocycles. The van der Waals surface area contributed by atoms with E-state index < -0.39 is 0 Å². The molecular weight excluding hydrogens is 515 g/mol. The standard InChI is InChI=1S/C22H35ClN4O2.HI/c1-24-22(25-10-13-28-16-20-9-5-12-29-20)26-15-18-7-4-11-27(2)21(18)17-6-3-8-19(23)14-17;/h3,6,8,14,18,20-21H,4-5,7,9-13,15-16H2,1-2H3,(H2,24,25,26);1H. The SMILES string of the molecule is CN=C(NCCOCC1CCCO1)NCC1CCCN(C)C1c1cccc(Cl)c1.I. The lowest BCUT2D eigenvalue weighted by Gasteiger charge is -2.40. The van der Waals surface area contributed by atoms with Crippen LogP contribution >= 0.6 is 35.6 Å². The summed E-state index contributed by atoms with van der Waals surface area (Å²) < 4.78 is 11.3. The predicted octanol–water partition coefficient (Wildman–Crippen LogP) is 3.70. The molecular formula is C22H36ClIN4O2. The summed E-state index contributed by atoms with van der Waals surface area (Å²) in [6.45, 7) is 4.92. The highest BCUT2D eigenvalue weighted by molar-refractivity contribution is 14.0. The predicted molar refractivity (Wildman–Crippen MR) is 134 cm³/mol. The van der Waals surface area contributed by atoms with Gasteiger partial charge in [-0.15, -0.1) is 24.0 Å². The Morgan fingerprint density at radius 2 is 2.17 bits per heavy atom. The third kappa shape index (κ3) is 7.82. The highest BCUT2D eigenvalue weighted by atomic mass is 127. The summed E-state index contributed by atoms with van der Waals surface area (Å²) in [6, 6.07) is 8.63. The highest BCUT2D eigenvalue weighted by Gasteiger charge is 2.30. The fourth-order valence-electron chi connectivity index (χ4n) is 4.37. The maximum Gasteiger partial charge on any atom is 0.191 e. The summed E-state index contributed by atoms with van der Waals surface area (Å²) >= 11 is 6.25. The Bertz CT molecular complexity index is 658. The van der Waals surface area contributed by atoms with Crippen LogP contribution in [-0.4, -0.2) is 70.5 Å². The van der Waals surface area contributed by atoms with Crippen molar-refractivity contribution in [3.8, 4) is 0 Å². The van der Waals surface area contributed by atoms with Crippen LogP contribution in [0.15, 0.2) is 29.3 Å². The van der Waals surface area contributed by atoms with Crippen molar-refractivity contribution in [2.24, 2.45) is 10.9 Å². The second-order valence-electron chi connectivity index (χ2n) is 7.97. The second-order valence-corrected chi connectivity index (χ2v) is 8.41. The molecule has 0 bridgehead atoms. The van der Waals surface area contributed by atoms with E-state index in [1.807, 2.05) is 19.2 Å². The molecule has 2 heterocycles. The maximum atomic E-state index is 6.25. The average Bonchev–Trinajstić information content (AvgIpc) is 3.23. The van der Waals surface area contributed by atoms with Crippen LogP contribution in [0.5, 0.6) is 0 Å². The number of aliphatic imine (C=N–C) groups is 1. The van der Waals surface area contributed by atoms with Crippen molar-refractivity contribution in [2.75, 3.05) is 53.6 Å². The summed E-state index contributed by atoms with van der Waals surface area (Å²) in [5.41, 5.74) is 1.29. The van der Waals surface area contributed by atoms with Gasteiger partial charge in [0, 0.05) is 37.8 Å². The molecule has 0 amide bonds. The van der Waals surface area contributed by atoms with Crippen LogP contribution < -0.4 is 10.6 Å². The number of hydrogen-bond acceptors (Lipinski definition) is 4. The van der Waals surface area contributed by atoms with Crippen LogP contribution in [0.25, 0.3) is 0 Å². The first kappa shape index (κ1) is 25.6. The fourth-order valence-corrected chi connectivity index (χ4v) is 4.57. The molecule has 1 aromatic carbocycles. The fraction of sp³-hybridized carbons (Fsp3) is 0.682. The number of guanidine groups is 1. The normalized spacial score (nSPS) is 25.0. The number of likely N-dealkylation sites (tertiary alicyclic amines) is 1. The number of rotatable bonds is 8. The van der Waals surface area contributed by atoms with Gasteiger partial charge >= 0.3 is 0 Å². The molecule has 3 atom stereocenters. The van der Waals surface area contributed by atoms with E-state index in [1.54, 1.807) is 0 Å². The van der Waals surface area contributed by atoms with Crippen LogP contribution in [0, 0.1) is 5.92 Å². The molecule has 2 fully saturated rings. The molecule has 2 aliphatic rings. The van der Waals surface area contributed by atoms with Crippen molar-refractivity contribution < 1.29 is 9.47 Å². The molecule has 0 aliphatic carbocycles. The number of piperidine rings is 1. The van der Waals surface area contributed by atoms with Gasteiger partial charge in [0.15, 0.2) is 5.96 Å². The summed E-state index contributed by atoms with van der Waals surface area (Å²) in [7, 11) is 4.01. The van der Waals surface area contributed by atoms with Crippen molar-refractivity contribution in [3.63, 3.8) is 0 Å². The van der Waals surface area contributed by atoms with Crippen molar-refractivity contribution >= 4 is 41.5 Å². The van der Waals surface area contributed by atoms with Gasteiger partial charge in [-0.3, -0.25) is 9.89 Å². The molecule has 30 heavy (non-hydrogen) atoms. The minimum atomic E-state index is 0. The summed E-state index contributed by atoms with van der Waals surface area (Å²) in [5, 5.41) is 7.65. The lowest BCUT2D eigenvalue weighted by molar-refractivity contribution is 0.0191. The molecule has 2 saturated heterocycles. The van der Waals surface area contributed by atoms with Crippen LogP contribution in [0.2, 0.25) is 5.02 Å². The molecule has 0 spiro atoms. The molecule has 8 heteroatoms. The molecule has 0 saturated carbocycles. The molecule has 0 aromatic heterocycles. The van der Waals surface area contributed by atoms with E-state index in [0.717, 1.165) is 50.1 Å². The van der Waals surface area contributed by atoms with Crippen LogP contribution in [0.3, 0.4) is 0 Å². The molecule has 170 valence electrons. The molecule has 3 rings (SSSR count). The van der Waals surface area contributed by atoms with Gasteiger partial charge in [-0.2, -0.15) is 0 Å². The number of nitrogens with one attached hydrogen (secondary N) is 2. The van der Waals surface area contributed by atoms with Crippen LogP contribution in [-0.2, 0) is 9.47 Å². The van der Waals surface area contributed by atoms with Crippen molar-refractivity contribution in [3.05, 3.63) is 34.9 Å². The summed E-state index contributed by atoms with van der Waals surface area (Å²) in [5.74, 6) is 1.32. The molecule has 2 N–H and O–H groups in total. The maximum absolute atomic E-state index is 6.25. The van der Waals surface area contributed by atoms with Gasteiger partial charge in [0.2, 0.25) is 0 Å². The lowest BCUT2D eigenvalue weighted by Crippen LogP contribution is -2.45. The Labute approximate surface area is 203 Å². The molecule has 0 radical (unpaired) electrons. The number of ether oxygens (including phenoxy) is 2. The van der Waals surface area contributed by atoms with E-state index in [-0.39, 0.29) is 30.1 Å². The van der Waals surface area contributed by atoms with Gasteiger partial charge in [-0.05, 0) is 62.9 Å². The zero-order chi connectivity index (χ0) is 20.5. The Morgan fingerprint density at radius 3 is 2.90 bits per heavy atom. The minimum Gasteiger partial charge on any atom is -0.377 e. The lowest BCUT2D eigenvalue weighted by atomic mass is 9.85. The third-order valence-corrected chi connectivity index (χ3v) is 6.05. The first-order chi connectivity index (χ1) is 14.2. The number of hydrogen-bond donors (Lipinski definition) is 2. The highest BCUT2D eigenvalue weighted by Crippen LogP contribution is 2.35. The van der Waals surface area contributed by atoms with E-state index in [2.05, 4.69) is 39.7 Å². The third-order valence-electron chi connectivity index (χ3n) is 5.82. The zero-order valence-corrected chi connectivity index (χ0v) is 21.2. The van der Waals surface area contributed by atoms with Gasteiger partial charge in [-0.1, -0.05) is 23.7 Å². The van der Waals surface area contributed by atoms with Crippen LogP contribution in [0.4, 0.5) is 0 Å². The molecule has 6 nitrogen and oxygen atoms in total. The minimum absolute atomic E-state index is 0. The Hall–Kier alpha value is -0.610. The topological polar surface area (TPSA) is 58.1 Å². The Kier molecular flexibility index (Phi) is 11.7. The Balaban J connectivity index is 0.00000320. The second kappa shape index (κ2) is 13.7. The zero-order valence-electron chi connectivity index (χ0n) is 18.1. The smallest absolute Gasteiger partial charge is 0.191 e. The van der Waals surface area contributed by atoms with Gasteiger partial charge in [0.05, 0.1) is 19.3 Å². The van der Waals surface area contributed by atoms with Gasteiger partial charge in [0.1, 0.15) is 0 Å². The van der Waals surface area contributed by atoms with Crippen molar-refractivity contribution in [1.29, 1.82) is 0 Å². The van der Waals surface area contributed by atoms with Crippen LogP contribution in [0.1, 0.15) is 37.3 Å². The number of nitrogens with zero attached hydrogens (tertiary/aromatic N) is 2. The van der Waals surface area contributed by atoms with E-state index in [4.69, 9.17) is 21.1 Å². The monoisotopic (exact) mass is 550 g/mol. The van der Waals surface area contributed by atoms with Gasteiger partial charge in [0.25, 0.3) is 0 Å². The molecule has 3 unspecified atom stereocenters. The van der Waals surface area contributed by atoms with E-state index in [1.165, 1.54) is 18.4 Å². The average molecular weight is 551 g/mol. The van der Waals surface area contributed by atoms with Gasteiger partial charge < -0.3 is 20.1 Å². The van der Waals surface area contributed by atoms with Gasteiger partial charge in [-0.25, -0.2) is 0 Å². The Morgan fingerprint density at radius 1 is 1.30 bits per heavy atom. The van der Waals surface area contributed by atoms with E-state index in [9.17, 15) is 0 Å². The first-order valence-corrected chi connectivity index (χ1v) is 11.1. The van der Waals surface area contributed by atoms with E-state index in [0.29, 0.717) is 25.2 Å². The summed E-state index contributed by atoms with van der Waals surface area (Å²) in [4.78, 5) is 6.80.